The van der Waals surface area contributed by atoms with Gasteiger partial charge in [-0.3, -0.25) is 4.79 Å². The zero-order chi connectivity index (χ0) is 23.0. The van der Waals surface area contributed by atoms with E-state index in [1.54, 1.807) is 16.7 Å². The fourth-order valence-corrected chi connectivity index (χ4v) is 7.12. The van der Waals surface area contributed by atoms with E-state index in [-0.39, 0.29) is 16.3 Å². The van der Waals surface area contributed by atoms with Gasteiger partial charge in [-0.25, -0.2) is 12.8 Å². The van der Waals surface area contributed by atoms with Gasteiger partial charge in [0.05, 0.1) is 15.1 Å². The van der Waals surface area contributed by atoms with Gasteiger partial charge in [0.1, 0.15) is 5.82 Å². The number of para-hydroxylation sites is 1. The Bertz CT molecular complexity index is 1320. The molecule has 1 fully saturated rings. The Balaban J connectivity index is 1.63. The number of thiazole rings is 1. The molecule has 9 heteroatoms. The van der Waals surface area contributed by atoms with Crippen LogP contribution < -0.4 is 4.80 Å². The van der Waals surface area contributed by atoms with Crippen LogP contribution in [0.25, 0.3) is 10.2 Å². The van der Waals surface area contributed by atoms with E-state index < -0.39 is 15.9 Å². The highest BCUT2D eigenvalue weighted by molar-refractivity contribution is 7.89. The maximum atomic E-state index is 14.3. The van der Waals surface area contributed by atoms with Crippen LogP contribution in [0.4, 0.5) is 4.39 Å². The van der Waals surface area contributed by atoms with Crippen molar-refractivity contribution < 1.29 is 17.6 Å². The smallest absolute Gasteiger partial charge is 0.279 e. The molecule has 1 aromatic heterocycles. The second-order valence-corrected chi connectivity index (χ2v) is 11.4. The van der Waals surface area contributed by atoms with Crippen LogP contribution in [0.15, 0.2) is 52.4 Å². The average Bonchev–Trinajstić information content (AvgIpc) is 3.11. The predicted molar refractivity (Wildman–Crippen MR) is 123 cm³/mol. The molecule has 1 aliphatic rings. The molecule has 2 aromatic carbocycles. The van der Waals surface area contributed by atoms with Crippen molar-refractivity contribution in [3.8, 4) is 0 Å². The third-order valence-electron chi connectivity index (χ3n) is 5.74. The number of aromatic nitrogens is 1. The van der Waals surface area contributed by atoms with Gasteiger partial charge in [-0.2, -0.15) is 9.30 Å². The lowest BCUT2D eigenvalue weighted by Crippen LogP contribution is -2.42. The summed E-state index contributed by atoms with van der Waals surface area (Å²) in [4.78, 5) is 17.5. The van der Waals surface area contributed by atoms with Crippen molar-refractivity contribution >= 4 is 37.5 Å². The molecule has 2 atom stereocenters. The van der Waals surface area contributed by atoms with Crippen molar-refractivity contribution in [1.29, 1.82) is 0 Å². The number of fused-ring (bicyclic) bond motifs is 1. The van der Waals surface area contributed by atoms with Crippen LogP contribution in [-0.2, 0) is 16.6 Å². The number of benzene rings is 2. The lowest BCUT2D eigenvalue weighted by atomic mass is 9.94. The SMILES string of the molecule is CCn1c(=NC(=O)c2ccc(S(=O)(=O)N3CC(C)CC(C)C3)cc2)sc2cccc(F)c21. The normalized spacial score (nSPS) is 20.7. The number of carbonyl (C=O) groups is 1. The highest BCUT2D eigenvalue weighted by atomic mass is 32.2. The minimum atomic E-state index is -3.61. The Kier molecular flexibility index (Phi) is 6.33. The maximum Gasteiger partial charge on any atom is 0.279 e. The standard InChI is InChI=1S/C23H26FN3O3S2/c1-4-27-21-19(24)6-5-7-20(21)31-23(27)25-22(28)17-8-10-18(11-9-17)32(29,30)26-13-15(2)12-16(3)14-26/h5-11,15-16H,4,12-14H2,1-3H3. The highest BCUT2D eigenvalue weighted by Crippen LogP contribution is 2.27. The number of aryl methyl sites for hydroxylation is 1. The predicted octanol–water partition coefficient (Wildman–Crippen LogP) is 4.27. The number of halogens is 1. The average molecular weight is 476 g/mol. The zero-order valence-corrected chi connectivity index (χ0v) is 19.9. The second-order valence-electron chi connectivity index (χ2n) is 8.42. The van der Waals surface area contributed by atoms with Crippen LogP contribution in [0.5, 0.6) is 0 Å². The van der Waals surface area contributed by atoms with E-state index in [1.165, 1.54) is 46.0 Å². The van der Waals surface area contributed by atoms with Gasteiger partial charge in [-0.1, -0.05) is 31.3 Å². The van der Waals surface area contributed by atoms with Gasteiger partial charge in [0.25, 0.3) is 5.91 Å². The van der Waals surface area contributed by atoms with E-state index >= 15 is 0 Å². The summed E-state index contributed by atoms with van der Waals surface area (Å²) in [5.74, 6) is -0.233. The van der Waals surface area contributed by atoms with Crippen LogP contribution in [0.1, 0.15) is 37.6 Å². The first-order valence-electron chi connectivity index (χ1n) is 10.7. The van der Waals surface area contributed by atoms with Gasteiger partial charge in [0.15, 0.2) is 4.80 Å². The minimum absolute atomic E-state index is 0.169. The fourth-order valence-electron chi connectivity index (χ4n) is 4.34. The molecule has 170 valence electrons. The monoisotopic (exact) mass is 475 g/mol. The molecule has 0 saturated carbocycles. The molecule has 4 rings (SSSR count). The topological polar surface area (TPSA) is 71.7 Å². The molecule has 0 spiro atoms. The molecule has 6 nitrogen and oxygen atoms in total. The Morgan fingerprint density at radius 2 is 1.78 bits per heavy atom. The number of sulfonamides is 1. The first kappa shape index (κ1) is 22.8. The van der Waals surface area contributed by atoms with E-state index in [9.17, 15) is 17.6 Å². The molecule has 2 heterocycles. The van der Waals surface area contributed by atoms with Crippen LogP contribution >= 0.6 is 11.3 Å². The van der Waals surface area contributed by atoms with Crippen LogP contribution in [-0.4, -0.2) is 36.3 Å². The van der Waals surface area contributed by atoms with E-state index in [1.807, 2.05) is 6.92 Å². The molecule has 0 bridgehead atoms. The molecule has 3 aromatic rings. The first-order chi connectivity index (χ1) is 15.2. The zero-order valence-electron chi connectivity index (χ0n) is 18.3. The summed E-state index contributed by atoms with van der Waals surface area (Å²) in [5, 5.41) is 0. The van der Waals surface area contributed by atoms with Gasteiger partial charge >= 0.3 is 0 Å². The molecule has 2 unspecified atom stereocenters. The van der Waals surface area contributed by atoms with Crippen molar-refractivity contribution in [3.05, 3.63) is 58.6 Å². The number of hydrogen-bond donors (Lipinski definition) is 0. The van der Waals surface area contributed by atoms with Crippen LogP contribution in [0.3, 0.4) is 0 Å². The number of rotatable bonds is 4. The van der Waals surface area contributed by atoms with Crippen molar-refractivity contribution in [3.63, 3.8) is 0 Å². The van der Waals surface area contributed by atoms with Crippen molar-refractivity contribution in [2.24, 2.45) is 16.8 Å². The fraction of sp³-hybridized carbons (Fsp3) is 0.391. The summed E-state index contributed by atoms with van der Waals surface area (Å²) in [6.45, 7) is 7.46. The molecule has 32 heavy (non-hydrogen) atoms. The molecule has 0 radical (unpaired) electrons. The van der Waals surface area contributed by atoms with E-state index in [4.69, 9.17) is 0 Å². The van der Waals surface area contributed by atoms with Gasteiger partial charge in [-0.05, 0) is 61.6 Å². The Morgan fingerprint density at radius 3 is 2.41 bits per heavy atom. The Labute approximate surface area is 191 Å². The van der Waals surface area contributed by atoms with E-state index in [0.717, 1.165) is 6.42 Å². The first-order valence-corrected chi connectivity index (χ1v) is 12.9. The van der Waals surface area contributed by atoms with E-state index in [2.05, 4.69) is 18.8 Å². The third-order valence-corrected chi connectivity index (χ3v) is 8.63. The second kappa shape index (κ2) is 8.88. The highest BCUT2D eigenvalue weighted by Gasteiger charge is 2.31. The number of hydrogen-bond acceptors (Lipinski definition) is 4. The largest absolute Gasteiger partial charge is 0.314 e. The Morgan fingerprint density at radius 1 is 1.12 bits per heavy atom. The van der Waals surface area contributed by atoms with E-state index in [0.29, 0.717) is 46.5 Å². The summed E-state index contributed by atoms with van der Waals surface area (Å²) in [5.41, 5.74) is 0.711. The molecular formula is C23H26FN3O3S2. The Hall–Kier alpha value is -2.36. The number of amides is 1. The summed E-state index contributed by atoms with van der Waals surface area (Å²) in [6, 6.07) is 10.7. The third kappa shape index (κ3) is 4.29. The lowest BCUT2D eigenvalue weighted by molar-refractivity contribution is 0.0997. The molecule has 1 saturated heterocycles. The summed E-state index contributed by atoms with van der Waals surface area (Å²) in [6.07, 6.45) is 1.01. The number of carbonyl (C=O) groups excluding carboxylic acids is 1. The maximum absolute atomic E-state index is 14.3. The lowest BCUT2D eigenvalue weighted by Gasteiger charge is -2.34. The quantitative estimate of drug-likeness (QED) is 0.566. The van der Waals surface area contributed by atoms with Crippen LogP contribution in [0.2, 0.25) is 0 Å². The molecule has 0 aliphatic carbocycles. The van der Waals surface area contributed by atoms with Crippen LogP contribution in [0, 0.1) is 17.7 Å². The molecular weight excluding hydrogens is 449 g/mol. The number of piperidine rings is 1. The van der Waals surface area contributed by atoms with Gasteiger partial charge in [0, 0.05) is 25.2 Å². The molecule has 1 aliphatic heterocycles. The molecule has 1 amide bonds. The van der Waals surface area contributed by atoms with Crippen molar-refractivity contribution in [2.75, 3.05) is 13.1 Å². The number of nitrogens with zero attached hydrogens (tertiary/aromatic N) is 3. The van der Waals surface area contributed by atoms with Gasteiger partial charge in [-0.15, -0.1) is 0 Å². The summed E-state index contributed by atoms with van der Waals surface area (Å²) in [7, 11) is -3.61. The van der Waals surface area contributed by atoms with Gasteiger partial charge < -0.3 is 4.57 Å². The van der Waals surface area contributed by atoms with Crippen molar-refractivity contribution in [1.82, 2.24) is 8.87 Å². The van der Waals surface area contributed by atoms with Gasteiger partial charge in [0.2, 0.25) is 10.0 Å². The van der Waals surface area contributed by atoms with Crippen molar-refractivity contribution in [2.45, 2.75) is 38.6 Å². The summed E-state index contributed by atoms with van der Waals surface area (Å²) >= 11 is 1.25. The summed E-state index contributed by atoms with van der Waals surface area (Å²) < 4.78 is 44.3. The molecule has 0 N–H and O–H groups in total. The minimum Gasteiger partial charge on any atom is -0.314 e.